The van der Waals surface area contributed by atoms with Crippen LogP contribution in [0.1, 0.15) is 23.6 Å². The van der Waals surface area contributed by atoms with E-state index in [1.54, 1.807) is 19.1 Å². The van der Waals surface area contributed by atoms with E-state index in [9.17, 15) is 14.9 Å². The first-order valence-corrected chi connectivity index (χ1v) is 11.6. The summed E-state index contributed by atoms with van der Waals surface area (Å²) in [5.41, 5.74) is 8.06. The smallest absolute Gasteiger partial charge is 0.269 e. The monoisotopic (exact) mass is 473 g/mol. The summed E-state index contributed by atoms with van der Waals surface area (Å²) in [5.74, 6) is -0.117. The van der Waals surface area contributed by atoms with Crippen LogP contribution in [0.15, 0.2) is 83.1 Å². The number of non-ortho nitro benzene ring substituents is 1. The summed E-state index contributed by atoms with van der Waals surface area (Å²) in [6.07, 6.45) is 0. The van der Waals surface area contributed by atoms with Crippen molar-refractivity contribution in [3.05, 3.63) is 99.6 Å². The van der Waals surface area contributed by atoms with E-state index in [0.29, 0.717) is 17.8 Å². The van der Waals surface area contributed by atoms with Crippen molar-refractivity contribution >= 4 is 40.1 Å². The van der Waals surface area contributed by atoms with Gasteiger partial charge in [0.25, 0.3) is 11.6 Å². The van der Waals surface area contributed by atoms with Crippen LogP contribution < -0.4 is 5.43 Å². The zero-order chi connectivity index (χ0) is 24.1. The molecule has 0 aliphatic rings. The first-order valence-electron chi connectivity index (χ1n) is 10.6. The van der Waals surface area contributed by atoms with Crippen LogP contribution in [-0.4, -0.2) is 31.8 Å². The van der Waals surface area contributed by atoms with Crippen LogP contribution in [0.5, 0.6) is 0 Å². The van der Waals surface area contributed by atoms with E-state index in [2.05, 4.69) is 46.3 Å². The molecule has 0 saturated carbocycles. The van der Waals surface area contributed by atoms with Gasteiger partial charge < -0.3 is 4.57 Å². The normalized spacial score (nSPS) is 11.5. The van der Waals surface area contributed by atoms with Crippen LogP contribution in [0.25, 0.3) is 11.0 Å². The van der Waals surface area contributed by atoms with Gasteiger partial charge in [-0.05, 0) is 49.2 Å². The minimum Gasteiger partial charge on any atom is -0.314 e. The highest BCUT2D eigenvalue weighted by Gasteiger charge is 2.13. The predicted octanol–water partition coefficient (Wildman–Crippen LogP) is 4.93. The molecule has 1 amide bonds. The van der Waals surface area contributed by atoms with Gasteiger partial charge in [-0.1, -0.05) is 53.7 Å². The molecule has 4 rings (SSSR count). The number of fused-ring (bicyclic) bond motifs is 1. The third-order valence-corrected chi connectivity index (χ3v) is 6.23. The average molecular weight is 474 g/mol. The van der Waals surface area contributed by atoms with E-state index in [1.807, 2.05) is 24.3 Å². The number of rotatable bonds is 8. The molecule has 0 unspecified atom stereocenters. The molecule has 34 heavy (non-hydrogen) atoms. The molecule has 0 bridgehead atoms. The fourth-order valence-corrected chi connectivity index (χ4v) is 4.20. The number of aryl methyl sites for hydroxylation is 1. The molecule has 3 aromatic carbocycles. The number of carbonyl (C=O) groups is 1. The fourth-order valence-electron chi connectivity index (χ4n) is 3.39. The second-order valence-electron chi connectivity index (χ2n) is 7.78. The Morgan fingerprint density at radius 2 is 1.79 bits per heavy atom. The molecule has 0 fully saturated rings. The maximum Gasteiger partial charge on any atom is 0.269 e. The van der Waals surface area contributed by atoms with Gasteiger partial charge in [0.1, 0.15) is 0 Å². The van der Waals surface area contributed by atoms with Crippen molar-refractivity contribution in [1.29, 1.82) is 0 Å². The Morgan fingerprint density at radius 1 is 1.09 bits per heavy atom. The molecular weight excluding hydrogens is 450 g/mol. The predicted molar refractivity (Wildman–Crippen MR) is 134 cm³/mol. The Hall–Kier alpha value is -3.98. The van der Waals surface area contributed by atoms with Gasteiger partial charge in [-0.15, -0.1) is 0 Å². The molecule has 0 aliphatic heterocycles. The van der Waals surface area contributed by atoms with Crippen molar-refractivity contribution in [2.24, 2.45) is 5.10 Å². The van der Waals surface area contributed by atoms with Crippen LogP contribution in [0.4, 0.5) is 5.69 Å². The summed E-state index contributed by atoms with van der Waals surface area (Å²) in [5, 5.41) is 15.7. The van der Waals surface area contributed by atoms with Gasteiger partial charge in [0, 0.05) is 12.1 Å². The second kappa shape index (κ2) is 10.3. The van der Waals surface area contributed by atoms with Gasteiger partial charge >= 0.3 is 0 Å². The number of para-hydroxylation sites is 2. The standard InChI is InChI=1S/C25H23N5O3S/c1-17-7-9-19(10-8-17)15-29-23-6-4-3-5-22(23)26-25(29)34-16-24(31)28-27-18(2)20-11-13-21(14-12-20)30(32)33/h3-14H,15-16H2,1-2H3,(H,28,31). The Labute approximate surface area is 200 Å². The molecule has 0 saturated heterocycles. The molecule has 1 heterocycles. The summed E-state index contributed by atoms with van der Waals surface area (Å²) in [7, 11) is 0. The van der Waals surface area contributed by atoms with Crippen molar-refractivity contribution < 1.29 is 9.72 Å². The molecule has 1 aromatic heterocycles. The summed E-state index contributed by atoms with van der Waals surface area (Å²) >= 11 is 1.35. The zero-order valence-electron chi connectivity index (χ0n) is 18.8. The number of hydrogen-bond acceptors (Lipinski definition) is 6. The lowest BCUT2D eigenvalue weighted by Gasteiger charge is -2.09. The molecule has 0 radical (unpaired) electrons. The quantitative estimate of drug-likeness (QED) is 0.169. The third kappa shape index (κ3) is 5.49. The number of imidazole rings is 1. The number of nitro groups is 1. The minimum absolute atomic E-state index is 0.00510. The Kier molecular flexibility index (Phi) is 7.03. The lowest BCUT2D eigenvalue weighted by molar-refractivity contribution is -0.384. The molecule has 0 atom stereocenters. The molecule has 172 valence electrons. The van der Waals surface area contributed by atoms with Gasteiger partial charge in [-0.25, -0.2) is 10.4 Å². The Bertz CT molecular complexity index is 1360. The first kappa shape index (κ1) is 23.2. The highest BCUT2D eigenvalue weighted by molar-refractivity contribution is 7.99. The molecule has 0 aliphatic carbocycles. The third-order valence-electron chi connectivity index (χ3n) is 5.26. The maximum atomic E-state index is 12.5. The maximum absolute atomic E-state index is 12.5. The molecule has 1 N–H and O–H groups in total. The largest absolute Gasteiger partial charge is 0.314 e. The summed E-state index contributed by atoms with van der Waals surface area (Å²) < 4.78 is 2.11. The fraction of sp³-hybridized carbons (Fsp3) is 0.160. The second-order valence-corrected chi connectivity index (χ2v) is 8.72. The Balaban J connectivity index is 1.44. The minimum atomic E-state index is -0.457. The number of carbonyl (C=O) groups excluding carboxylic acids is 1. The number of aromatic nitrogens is 2. The number of benzene rings is 3. The topological polar surface area (TPSA) is 102 Å². The van der Waals surface area contributed by atoms with E-state index < -0.39 is 4.92 Å². The Morgan fingerprint density at radius 3 is 2.50 bits per heavy atom. The van der Waals surface area contributed by atoms with Gasteiger partial charge in [0.15, 0.2) is 5.16 Å². The number of amides is 1. The number of nitrogens with zero attached hydrogens (tertiary/aromatic N) is 4. The SMILES string of the molecule is CC(=NNC(=O)CSc1nc2ccccc2n1Cc1ccc(C)cc1)c1ccc([N+](=O)[O-])cc1. The van der Waals surface area contributed by atoms with E-state index in [4.69, 9.17) is 4.98 Å². The number of nitro benzene ring substituents is 1. The van der Waals surface area contributed by atoms with Crippen LogP contribution in [-0.2, 0) is 11.3 Å². The lowest BCUT2D eigenvalue weighted by Crippen LogP contribution is -2.21. The van der Waals surface area contributed by atoms with E-state index in [0.717, 1.165) is 21.8 Å². The molecule has 8 nitrogen and oxygen atoms in total. The van der Waals surface area contributed by atoms with Crippen molar-refractivity contribution in [1.82, 2.24) is 15.0 Å². The van der Waals surface area contributed by atoms with Gasteiger partial charge in [0.05, 0.1) is 34.0 Å². The van der Waals surface area contributed by atoms with Crippen molar-refractivity contribution in [3.8, 4) is 0 Å². The molecular formula is C25H23N5O3S. The number of thioether (sulfide) groups is 1. The molecule has 0 spiro atoms. The van der Waals surface area contributed by atoms with Crippen LogP contribution in [0.3, 0.4) is 0 Å². The first-order chi connectivity index (χ1) is 16.4. The average Bonchev–Trinajstić information content (AvgIpc) is 3.20. The van der Waals surface area contributed by atoms with E-state index in [1.165, 1.54) is 29.5 Å². The van der Waals surface area contributed by atoms with Crippen LogP contribution in [0, 0.1) is 17.0 Å². The van der Waals surface area contributed by atoms with Gasteiger partial charge in [0.2, 0.25) is 0 Å². The summed E-state index contributed by atoms with van der Waals surface area (Å²) in [6.45, 7) is 4.44. The molecule has 9 heteroatoms. The summed E-state index contributed by atoms with van der Waals surface area (Å²) in [4.78, 5) is 27.5. The van der Waals surface area contributed by atoms with E-state index >= 15 is 0 Å². The number of hydrogen-bond donors (Lipinski definition) is 1. The van der Waals surface area contributed by atoms with Crippen molar-refractivity contribution in [2.45, 2.75) is 25.5 Å². The van der Waals surface area contributed by atoms with Gasteiger partial charge in [-0.2, -0.15) is 5.10 Å². The lowest BCUT2D eigenvalue weighted by atomic mass is 10.1. The van der Waals surface area contributed by atoms with Crippen LogP contribution >= 0.6 is 11.8 Å². The number of nitrogens with one attached hydrogen (secondary N) is 1. The highest BCUT2D eigenvalue weighted by Crippen LogP contribution is 2.25. The zero-order valence-corrected chi connectivity index (χ0v) is 19.6. The van der Waals surface area contributed by atoms with Crippen molar-refractivity contribution in [3.63, 3.8) is 0 Å². The van der Waals surface area contributed by atoms with Crippen molar-refractivity contribution in [2.75, 3.05) is 5.75 Å². The van der Waals surface area contributed by atoms with Crippen LogP contribution in [0.2, 0.25) is 0 Å². The van der Waals surface area contributed by atoms with E-state index in [-0.39, 0.29) is 17.3 Å². The van der Waals surface area contributed by atoms with Gasteiger partial charge in [-0.3, -0.25) is 14.9 Å². The number of hydrazone groups is 1. The summed E-state index contributed by atoms with van der Waals surface area (Å²) in [6, 6.07) is 22.3. The highest BCUT2D eigenvalue weighted by atomic mass is 32.2. The molecule has 4 aromatic rings.